The summed E-state index contributed by atoms with van der Waals surface area (Å²) in [5.74, 6) is -0.484. The Labute approximate surface area is 109 Å². The van der Waals surface area contributed by atoms with Crippen LogP contribution in [-0.4, -0.2) is 35.6 Å². The average molecular weight is 270 g/mol. The number of halogens is 2. The second kappa shape index (κ2) is 5.50. The molecule has 1 N–H and O–H groups in total. The number of hydrogen-bond acceptors (Lipinski definition) is 2. The van der Waals surface area contributed by atoms with Crippen LogP contribution in [0.1, 0.15) is 5.56 Å². The second-order valence-corrected chi connectivity index (χ2v) is 4.67. The molecule has 0 unspecified atom stereocenters. The standard InChI is InChI=1S/C13H13ClFNO2/c14-11-2-1-3-12(15)10(11)4-5-13(18)16-6-9(7-16)8-17/h1-5,9,17H,6-8H2. The van der Waals surface area contributed by atoms with Crippen molar-refractivity contribution < 1.29 is 14.3 Å². The number of aliphatic hydroxyl groups excluding tert-OH is 1. The highest BCUT2D eigenvalue weighted by Crippen LogP contribution is 2.21. The van der Waals surface area contributed by atoms with Crippen LogP contribution in [0, 0.1) is 11.7 Å². The largest absolute Gasteiger partial charge is 0.396 e. The van der Waals surface area contributed by atoms with E-state index in [1.54, 1.807) is 11.0 Å². The molecule has 96 valence electrons. The Kier molecular flexibility index (Phi) is 3.99. The summed E-state index contributed by atoms with van der Waals surface area (Å²) < 4.78 is 13.4. The van der Waals surface area contributed by atoms with Gasteiger partial charge in [0, 0.05) is 37.3 Å². The molecule has 1 aromatic carbocycles. The highest BCUT2D eigenvalue weighted by Gasteiger charge is 2.28. The molecule has 5 heteroatoms. The van der Waals surface area contributed by atoms with Crippen LogP contribution in [-0.2, 0) is 4.79 Å². The molecule has 0 aromatic heterocycles. The summed E-state index contributed by atoms with van der Waals surface area (Å²) in [6.07, 6.45) is 2.68. The fraction of sp³-hybridized carbons (Fsp3) is 0.308. The van der Waals surface area contributed by atoms with Crippen LogP contribution in [0.3, 0.4) is 0 Å². The van der Waals surface area contributed by atoms with Crippen LogP contribution in [0.25, 0.3) is 6.08 Å². The molecule has 1 fully saturated rings. The Morgan fingerprint density at radius 3 is 2.89 bits per heavy atom. The molecule has 1 saturated heterocycles. The maximum atomic E-state index is 13.4. The number of aliphatic hydroxyl groups is 1. The molecule has 18 heavy (non-hydrogen) atoms. The minimum Gasteiger partial charge on any atom is -0.396 e. The molecule has 1 amide bonds. The van der Waals surface area contributed by atoms with E-state index < -0.39 is 5.82 Å². The molecule has 0 radical (unpaired) electrons. The van der Waals surface area contributed by atoms with Gasteiger partial charge in [0.2, 0.25) is 5.91 Å². The Morgan fingerprint density at radius 2 is 2.28 bits per heavy atom. The van der Waals surface area contributed by atoms with E-state index >= 15 is 0 Å². The number of hydrogen-bond donors (Lipinski definition) is 1. The summed E-state index contributed by atoms with van der Waals surface area (Å²) in [4.78, 5) is 13.3. The lowest BCUT2D eigenvalue weighted by atomic mass is 10.0. The first kappa shape index (κ1) is 13.1. The quantitative estimate of drug-likeness (QED) is 0.852. The monoisotopic (exact) mass is 269 g/mol. The van der Waals surface area contributed by atoms with Crippen molar-refractivity contribution in [2.75, 3.05) is 19.7 Å². The Balaban J connectivity index is 2.01. The van der Waals surface area contributed by atoms with Crippen molar-refractivity contribution in [3.8, 4) is 0 Å². The zero-order valence-electron chi connectivity index (χ0n) is 9.64. The molecular formula is C13H13ClFNO2. The van der Waals surface area contributed by atoms with Gasteiger partial charge in [-0.2, -0.15) is 0 Å². The van der Waals surface area contributed by atoms with Crippen molar-refractivity contribution in [2.24, 2.45) is 5.92 Å². The normalized spacial score (nSPS) is 16.1. The number of carbonyl (C=O) groups excluding carboxylic acids is 1. The van der Waals surface area contributed by atoms with Gasteiger partial charge < -0.3 is 10.0 Å². The predicted octanol–water partition coefficient (Wildman–Crippen LogP) is 1.94. The third-order valence-corrected chi connectivity index (χ3v) is 3.25. The molecule has 1 aliphatic rings. The van der Waals surface area contributed by atoms with Gasteiger partial charge in [0.1, 0.15) is 5.82 Å². The van der Waals surface area contributed by atoms with Crippen molar-refractivity contribution >= 4 is 23.6 Å². The molecule has 0 saturated carbocycles. The summed E-state index contributed by atoms with van der Waals surface area (Å²) in [5, 5.41) is 9.12. The SMILES string of the molecule is O=C(C=Cc1c(F)cccc1Cl)N1CC(CO)C1. The van der Waals surface area contributed by atoms with Gasteiger partial charge in [0.25, 0.3) is 0 Å². The Hall–Kier alpha value is -1.39. The van der Waals surface area contributed by atoms with E-state index in [2.05, 4.69) is 0 Å². The van der Waals surface area contributed by atoms with Crippen LogP contribution in [0.4, 0.5) is 4.39 Å². The summed E-state index contributed by atoms with van der Waals surface area (Å²) in [6.45, 7) is 1.18. The van der Waals surface area contributed by atoms with E-state index in [4.69, 9.17) is 16.7 Å². The number of rotatable bonds is 3. The minimum absolute atomic E-state index is 0.0899. The molecule has 0 spiro atoms. The van der Waals surface area contributed by atoms with E-state index in [-0.39, 0.29) is 29.0 Å². The summed E-state index contributed by atoms with van der Waals surface area (Å²) in [6, 6.07) is 4.37. The highest BCUT2D eigenvalue weighted by molar-refractivity contribution is 6.32. The van der Waals surface area contributed by atoms with Gasteiger partial charge >= 0.3 is 0 Å². The van der Waals surface area contributed by atoms with Crippen molar-refractivity contribution in [3.05, 3.63) is 40.7 Å². The molecule has 0 atom stereocenters. The van der Waals surface area contributed by atoms with Crippen LogP contribution in [0.15, 0.2) is 24.3 Å². The number of amides is 1. The molecule has 1 aliphatic heterocycles. The number of likely N-dealkylation sites (tertiary alicyclic amines) is 1. The molecule has 1 aromatic rings. The third kappa shape index (κ3) is 2.71. The van der Waals surface area contributed by atoms with Gasteiger partial charge in [-0.25, -0.2) is 4.39 Å². The maximum Gasteiger partial charge on any atom is 0.246 e. The van der Waals surface area contributed by atoms with Gasteiger partial charge in [-0.15, -0.1) is 0 Å². The third-order valence-electron chi connectivity index (χ3n) is 2.92. The lowest BCUT2D eigenvalue weighted by Gasteiger charge is -2.37. The first-order chi connectivity index (χ1) is 8.61. The van der Waals surface area contributed by atoms with Crippen molar-refractivity contribution in [1.82, 2.24) is 4.90 Å². The van der Waals surface area contributed by atoms with Gasteiger partial charge in [-0.3, -0.25) is 4.79 Å². The number of carbonyl (C=O) groups is 1. The number of nitrogens with zero attached hydrogens (tertiary/aromatic N) is 1. The first-order valence-corrected chi connectivity index (χ1v) is 6.01. The van der Waals surface area contributed by atoms with E-state index in [0.29, 0.717) is 13.1 Å². The highest BCUT2D eigenvalue weighted by atomic mass is 35.5. The van der Waals surface area contributed by atoms with Gasteiger partial charge in [-0.05, 0) is 18.2 Å². The lowest BCUT2D eigenvalue weighted by Crippen LogP contribution is -2.50. The molecule has 0 aliphatic carbocycles. The molecule has 3 nitrogen and oxygen atoms in total. The zero-order valence-corrected chi connectivity index (χ0v) is 10.4. The van der Waals surface area contributed by atoms with Crippen LogP contribution in [0.2, 0.25) is 5.02 Å². The van der Waals surface area contributed by atoms with Crippen LogP contribution < -0.4 is 0 Å². The predicted molar refractivity (Wildman–Crippen MR) is 67.6 cm³/mol. The first-order valence-electron chi connectivity index (χ1n) is 5.63. The van der Waals surface area contributed by atoms with E-state index in [1.165, 1.54) is 24.3 Å². The molecule has 2 rings (SSSR count). The van der Waals surface area contributed by atoms with E-state index in [1.807, 2.05) is 0 Å². The van der Waals surface area contributed by atoms with Crippen molar-refractivity contribution in [2.45, 2.75) is 0 Å². The summed E-state index contributed by atoms with van der Waals surface area (Å²) in [5.41, 5.74) is 0.215. The molecular weight excluding hydrogens is 257 g/mol. The average Bonchev–Trinajstić information content (AvgIpc) is 2.27. The van der Waals surface area contributed by atoms with E-state index in [9.17, 15) is 9.18 Å². The van der Waals surface area contributed by atoms with Crippen molar-refractivity contribution in [3.63, 3.8) is 0 Å². The fourth-order valence-electron chi connectivity index (χ4n) is 1.80. The van der Waals surface area contributed by atoms with Crippen molar-refractivity contribution in [1.29, 1.82) is 0 Å². The Morgan fingerprint density at radius 1 is 1.56 bits per heavy atom. The fourth-order valence-corrected chi connectivity index (χ4v) is 2.02. The lowest BCUT2D eigenvalue weighted by molar-refractivity contribution is -0.132. The summed E-state index contributed by atoms with van der Waals surface area (Å²) >= 11 is 5.84. The molecule has 0 bridgehead atoms. The number of benzene rings is 1. The second-order valence-electron chi connectivity index (χ2n) is 4.26. The zero-order chi connectivity index (χ0) is 13.1. The minimum atomic E-state index is -0.455. The maximum absolute atomic E-state index is 13.4. The smallest absolute Gasteiger partial charge is 0.246 e. The van der Waals surface area contributed by atoms with Crippen LogP contribution >= 0.6 is 11.6 Å². The Bertz CT molecular complexity index is 464. The van der Waals surface area contributed by atoms with E-state index in [0.717, 1.165) is 0 Å². The van der Waals surface area contributed by atoms with Gasteiger partial charge in [0.15, 0.2) is 0 Å². The topological polar surface area (TPSA) is 40.5 Å². The van der Waals surface area contributed by atoms with Gasteiger partial charge in [0.05, 0.1) is 5.02 Å². The van der Waals surface area contributed by atoms with Crippen LogP contribution in [0.5, 0.6) is 0 Å². The van der Waals surface area contributed by atoms with Gasteiger partial charge in [-0.1, -0.05) is 17.7 Å². The molecule has 1 heterocycles. The summed E-state index contributed by atoms with van der Waals surface area (Å²) in [7, 11) is 0.